The first kappa shape index (κ1) is 12.3. The maximum absolute atomic E-state index is 11.4. The van der Waals surface area contributed by atoms with Crippen LogP contribution in [0.2, 0.25) is 0 Å². The van der Waals surface area contributed by atoms with Crippen LogP contribution in [0.25, 0.3) is 11.1 Å². The number of nitrogens with zero attached hydrogens (tertiary/aromatic N) is 2. The zero-order valence-electron chi connectivity index (χ0n) is 11.0. The number of rotatable bonds is 3. The first-order valence-electron chi connectivity index (χ1n) is 6.50. The zero-order chi connectivity index (χ0) is 13.2. The highest BCUT2D eigenvalue weighted by atomic mass is 16.4. The molecule has 6 nitrogen and oxygen atoms in total. The SMILES string of the molecule is Cn1c(=O)oc2ccc(NCN3CCNCC3)cc21. The molecule has 2 heterocycles. The van der Waals surface area contributed by atoms with Crippen molar-refractivity contribution in [3.63, 3.8) is 0 Å². The second-order valence-electron chi connectivity index (χ2n) is 4.81. The van der Waals surface area contributed by atoms with E-state index in [0.29, 0.717) is 5.58 Å². The molecule has 2 aromatic rings. The molecule has 0 aliphatic carbocycles. The van der Waals surface area contributed by atoms with Crippen molar-refractivity contribution < 1.29 is 4.42 Å². The molecule has 0 bridgehead atoms. The largest absolute Gasteiger partial charge is 0.419 e. The molecule has 19 heavy (non-hydrogen) atoms. The second-order valence-corrected chi connectivity index (χ2v) is 4.81. The molecule has 0 saturated carbocycles. The monoisotopic (exact) mass is 262 g/mol. The molecule has 0 radical (unpaired) electrons. The number of oxazole rings is 1. The van der Waals surface area contributed by atoms with Gasteiger partial charge in [0.25, 0.3) is 0 Å². The van der Waals surface area contributed by atoms with Crippen molar-refractivity contribution in [2.24, 2.45) is 7.05 Å². The third-order valence-electron chi connectivity index (χ3n) is 3.51. The molecule has 1 aliphatic rings. The predicted molar refractivity (Wildman–Crippen MR) is 74.4 cm³/mol. The van der Waals surface area contributed by atoms with Crippen LogP contribution in [0.4, 0.5) is 5.69 Å². The molecule has 0 spiro atoms. The summed E-state index contributed by atoms with van der Waals surface area (Å²) in [6.07, 6.45) is 0. The van der Waals surface area contributed by atoms with E-state index in [1.165, 1.54) is 4.57 Å². The summed E-state index contributed by atoms with van der Waals surface area (Å²) < 4.78 is 6.63. The fourth-order valence-electron chi connectivity index (χ4n) is 2.31. The maximum atomic E-state index is 11.4. The molecule has 102 valence electrons. The van der Waals surface area contributed by atoms with Crippen LogP contribution in [0.3, 0.4) is 0 Å². The lowest BCUT2D eigenvalue weighted by molar-refractivity contribution is 0.256. The second kappa shape index (κ2) is 5.07. The number of piperazine rings is 1. The third-order valence-corrected chi connectivity index (χ3v) is 3.51. The van der Waals surface area contributed by atoms with E-state index in [9.17, 15) is 4.79 Å². The zero-order valence-corrected chi connectivity index (χ0v) is 11.0. The van der Waals surface area contributed by atoms with Gasteiger partial charge in [-0.1, -0.05) is 0 Å². The van der Waals surface area contributed by atoms with Crippen molar-refractivity contribution in [1.82, 2.24) is 14.8 Å². The molecule has 1 aliphatic heterocycles. The molecule has 0 unspecified atom stereocenters. The molecular weight excluding hydrogens is 244 g/mol. The van der Waals surface area contributed by atoms with E-state index in [2.05, 4.69) is 15.5 Å². The van der Waals surface area contributed by atoms with Crippen LogP contribution >= 0.6 is 0 Å². The Balaban J connectivity index is 1.74. The number of hydrogen-bond acceptors (Lipinski definition) is 5. The van der Waals surface area contributed by atoms with Gasteiger partial charge in [-0.2, -0.15) is 0 Å². The standard InChI is InChI=1S/C13H18N4O2/c1-16-11-8-10(2-3-12(11)19-13(16)18)15-9-17-6-4-14-5-7-17/h2-3,8,14-15H,4-7,9H2,1H3. The van der Waals surface area contributed by atoms with Crippen LogP contribution in [0.15, 0.2) is 27.4 Å². The number of nitrogens with one attached hydrogen (secondary N) is 2. The van der Waals surface area contributed by atoms with E-state index in [0.717, 1.165) is 44.1 Å². The van der Waals surface area contributed by atoms with Gasteiger partial charge < -0.3 is 15.1 Å². The maximum Gasteiger partial charge on any atom is 0.419 e. The normalized spacial score (nSPS) is 16.9. The van der Waals surface area contributed by atoms with E-state index >= 15 is 0 Å². The van der Waals surface area contributed by atoms with Crippen LogP contribution < -0.4 is 16.4 Å². The minimum absolute atomic E-state index is 0.325. The highest BCUT2D eigenvalue weighted by Crippen LogP contribution is 2.17. The van der Waals surface area contributed by atoms with Gasteiger partial charge in [0.2, 0.25) is 0 Å². The van der Waals surface area contributed by atoms with E-state index in [1.807, 2.05) is 18.2 Å². The highest BCUT2D eigenvalue weighted by Gasteiger charge is 2.10. The summed E-state index contributed by atoms with van der Waals surface area (Å²) in [7, 11) is 1.72. The molecule has 1 fully saturated rings. The Hall–Kier alpha value is -1.79. The van der Waals surface area contributed by atoms with Crippen molar-refractivity contribution in [3.05, 3.63) is 28.7 Å². The summed E-state index contributed by atoms with van der Waals surface area (Å²) in [5.41, 5.74) is 2.44. The van der Waals surface area contributed by atoms with E-state index in [1.54, 1.807) is 7.05 Å². The minimum Gasteiger partial charge on any atom is -0.408 e. The summed E-state index contributed by atoms with van der Waals surface area (Å²) in [5, 5.41) is 6.71. The van der Waals surface area contributed by atoms with Crippen LogP contribution in [-0.4, -0.2) is 42.3 Å². The van der Waals surface area contributed by atoms with E-state index < -0.39 is 0 Å². The Labute approximate surface area is 111 Å². The molecular formula is C13H18N4O2. The number of anilines is 1. The van der Waals surface area contributed by atoms with Gasteiger partial charge in [0.05, 0.1) is 12.2 Å². The smallest absolute Gasteiger partial charge is 0.408 e. The summed E-state index contributed by atoms with van der Waals surface area (Å²) >= 11 is 0. The van der Waals surface area contributed by atoms with Crippen LogP contribution in [0, 0.1) is 0 Å². The molecule has 1 aromatic heterocycles. The van der Waals surface area contributed by atoms with E-state index in [-0.39, 0.29) is 5.76 Å². The Bertz CT molecular complexity index is 625. The van der Waals surface area contributed by atoms with Crippen molar-refractivity contribution in [1.29, 1.82) is 0 Å². The Morgan fingerprint density at radius 3 is 2.95 bits per heavy atom. The lowest BCUT2D eigenvalue weighted by Gasteiger charge is -2.27. The average Bonchev–Trinajstić information content (AvgIpc) is 2.73. The van der Waals surface area contributed by atoms with Crippen molar-refractivity contribution in [3.8, 4) is 0 Å². The first-order valence-corrected chi connectivity index (χ1v) is 6.50. The summed E-state index contributed by atoms with van der Waals surface area (Å²) in [6.45, 7) is 5.01. The summed E-state index contributed by atoms with van der Waals surface area (Å²) in [4.78, 5) is 13.8. The van der Waals surface area contributed by atoms with E-state index in [4.69, 9.17) is 4.42 Å². The Kier molecular flexibility index (Phi) is 3.27. The lowest BCUT2D eigenvalue weighted by Crippen LogP contribution is -2.45. The number of fused-ring (bicyclic) bond motifs is 1. The van der Waals surface area contributed by atoms with Crippen LogP contribution in [0.5, 0.6) is 0 Å². The predicted octanol–water partition coefficient (Wildman–Crippen LogP) is 0.406. The Morgan fingerprint density at radius 2 is 2.16 bits per heavy atom. The molecule has 1 aromatic carbocycles. The number of aryl methyl sites for hydroxylation is 1. The number of benzene rings is 1. The highest BCUT2D eigenvalue weighted by molar-refractivity contribution is 5.77. The van der Waals surface area contributed by atoms with Gasteiger partial charge in [0, 0.05) is 38.9 Å². The third kappa shape index (κ3) is 2.50. The van der Waals surface area contributed by atoms with Gasteiger partial charge in [-0.15, -0.1) is 0 Å². The fraction of sp³-hybridized carbons (Fsp3) is 0.462. The van der Waals surface area contributed by atoms with Gasteiger partial charge in [-0.3, -0.25) is 9.47 Å². The lowest BCUT2D eigenvalue weighted by atomic mass is 10.3. The first-order chi connectivity index (χ1) is 9.24. The van der Waals surface area contributed by atoms with Crippen LogP contribution in [0.1, 0.15) is 0 Å². The fourth-order valence-corrected chi connectivity index (χ4v) is 2.31. The average molecular weight is 262 g/mol. The quantitative estimate of drug-likeness (QED) is 0.838. The molecule has 1 saturated heterocycles. The topological polar surface area (TPSA) is 62.4 Å². The molecule has 2 N–H and O–H groups in total. The molecule has 6 heteroatoms. The van der Waals surface area contributed by atoms with Crippen LogP contribution in [-0.2, 0) is 7.05 Å². The molecule has 3 rings (SSSR count). The van der Waals surface area contributed by atoms with Crippen molar-refractivity contribution in [2.45, 2.75) is 0 Å². The van der Waals surface area contributed by atoms with Gasteiger partial charge in [-0.05, 0) is 18.2 Å². The number of aromatic nitrogens is 1. The number of hydrogen-bond donors (Lipinski definition) is 2. The summed E-state index contributed by atoms with van der Waals surface area (Å²) in [6, 6.07) is 5.72. The summed E-state index contributed by atoms with van der Waals surface area (Å²) in [5.74, 6) is -0.325. The van der Waals surface area contributed by atoms with Gasteiger partial charge in [-0.25, -0.2) is 4.79 Å². The van der Waals surface area contributed by atoms with Crippen molar-refractivity contribution in [2.75, 3.05) is 38.2 Å². The van der Waals surface area contributed by atoms with Gasteiger partial charge in [0.15, 0.2) is 5.58 Å². The van der Waals surface area contributed by atoms with Crippen molar-refractivity contribution >= 4 is 16.8 Å². The van der Waals surface area contributed by atoms with Gasteiger partial charge in [0.1, 0.15) is 0 Å². The minimum atomic E-state index is -0.325. The van der Waals surface area contributed by atoms with Gasteiger partial charge >= 0.3 is 5.76 Å². The molecule has 0 atom stereocenters. The molecule has 0 amide bonds. The Morgan fingerprint density at radius 1 is 1.37 bits per heavy atom.